The SMILES string of the molecule is O=C(Nc1cncc(-c2ccc3[nH]nc(-c4nc5nccc(-c6ccsc6)c5[nH]4)c3c2F)c1)C1CCC1. The summed E-state index contributed by atoms with van der Waals surface area (Å²) in [7, 11) is 0. The maximum atomic E-state index is 16.0. The van der Waals surface area contributed by atoms with Crippen molar-refractivity contribution in [3.05, 3.63) is 65.5 Å². The van der Waals surface area contributed by atoms with E-state index in [2.05, 4.69) is 40.8 Å². The number of carbonyl (C=O) groups excluding carboxylic acids is 1. The van der Waals surface area contributed by atoms with Crippen LogP contribution >= 0.6 is 11.3 Å². The van der Waals surface area contributed by atoms with Crippen molar-refractivity contribution in [1.29, 1.82) is 0 Å². The summed E-state index contributed by atoms with van der Waals surface area (Å²) in [5.74, 6) is 0.00597. The lowest BCUT2D eigenvalue weighted by molar-refractivity contribution is -0.122. The van der Waals surface area contributed by atoms with E-state index in [1.54, 1.807) is 48.1 Å². The minimum atomic E-state index is -0.447. The van der Waals surface area contributed by atoms with Crippen LogP contribution in [0.4, 0.5) is 10.1 Å². The van der Waals surface area contributed by atoms with E-state index in [0.717, 1.165) is 35.9 Å². The number of rotatable bonds is 5. The Morgan fingerprint density at radius 1 is 1.11 bits per heavy atom. The van der Waals surface area contributed by atoms with Crippen LogP contribution in [-0.2, 0) is 4.79 Å². The number of pyridine rings is 2. The molecule has 1 aromatic carbocycles. The van der Waals surface area contributed by atoms with Gasteiger partial charge in [0.05, 0.1) is 28.3 Å². The summed E-state index contributed by atoms with van der Waals surface area (Å²) in [5, 5.41) is 14.6. The van der Waals surface area contributed by atoms with Crippen molar-refractivity contribution in [2.75, 3.05) is 5.32 Å². The van der Waals surface area contributed by atoms with Gasteiger partial charge in [-0.1, -0.05) is 6.42 Å². The predicted molar refractivity (Wildman–Crippen MR) is 141 cm³/mol. The maximum Gasteiger partial charge on any atom is 0.227 e. The van der Waals surface area contributed by atoms with Crippen molar-refractivity contribution in [2.24, 2.45) is 5.92 Å². The predicted octanol–water partition coefficient (Wildman–Crippen LogP) is 6.17. The zero-order valence-electron chi connectivity index (χ0n) is 19.5. The molecule has 0 unspecified atom stereocenters. The number of fused-ring (bicyclic) bond motifs is 2. The number of imidazole rings is 1. The van der Waals surface area contributed by atoms with E-state index in [1.807, 2.05) is 17.5 Å². The Balaban J connectivity index is 1.30. The number of thiophene rings is 1. The first-order valence-corrected chi connectivity index (χ1v) is 12.9. The molecule has 1 saturated carbocycles. The number of anilines is 1. The Labute approximate surface area is 214 Å². The summed E-state index contributed by atoms with van der Waals surface area (Å²) in [4.78, 5) is 28.9. The molecule has 182 valence electrons. The third-order valence-corrected chi connectivity index (χ3v) is 7.59. The minimum Gasteiger partial charge on any atom is -0.335 e. The second-order valence-electron chi connectivity index (χ2n) is 9.16. The van der Waals surface area contributed by atoms with Crippen molar-refractivity contribution >= 4 is 45.0 Å². The van der Waals surface area contributed by atoms with Gasteiger partial charge in [-0.2, -0.15) is 16.4 Å². The zero-order valence-corrected chi connectivity index (χ0v) is 20.3. The molecule has 1 fully saturated rings. The van der Waals surface area contributed by atoms with Gasteiger partial charge in [-0.25, -0.2) is 14.4 Å². The Morgan fingerprint density at radius 2 is 2.03 bits per heavy atom. The summed E-state index contributed by atoms with van der Waals surface area (Å²) in [6, 6.07) is 9.17. The number of H-pyrrole nitrogens is 2. The molecule has 6 aromatic rings. The number of aromatic amines is 2. The van der Waals surface area contributed by atoms with Crippen molar-refractivity contribution < 1.29 is 9.18 Å². The van der Waals surface area contributed by atoms with Crippen LogP contribution in [0.2, 0.25) is 0 Å². The van der Waals surface area contributed by atoms with Gasteiger partial charge >= 0.3 is 0 Å². The molecule has 10 heteroatoms. The molecule has 0 atom stereocenters. The quantitative estimate of drug-likeness (QED) is 0.257. The van der Waals surface area contributed by atoms with Crippen LogP contribution in [0.25, 0.3) is 55.8 Å². The molecule has 0 saturated heterocycles. The van der Waals surface area contributed by atoms with E-state index < -0.39 is 5.82 Å². The molecule has 0 aliphatic heterocycles. The van der Waals surface area contributed by atoms with Crippen molar-refractivity contribution in [1.82, 2.24) is 30.1 Å². The first kappa shape index (κ1) is 21.8. The van der Waals surface area contributed by atoms with Gasteiger partial charge in [0.15, 0.2) is 11.5 Å². The molecule has 7 rings (SSSR count). The molecule has 0 radical (unpaired) electrons. The summed E-state index contributed by atoms with van der Waals surface area (Å²) in [6.45, 7) is 0. The molecule has 5 aromatic heterocycles. The number of nitrogens with one attached hydrogen (secondary N) is 3. The number of amides is 1. The summed E-state index contributed by atoms with van der Waals surface area (Å²) < 4.78 is 16.0. The topological polar surface area (TPSA) is 112 Å². The lowest BCUT2D eigenvalue weighted by Crippen LogP contribution is -2.28. The average molecular weight is 510 g/mol. The van der Waals surface area contributed by atoms with Crippen LogP contribution in [0.3, 0.4) is 0 Å². The van der Waals surface area contributed by atoms with Crippen LogP contribution in [0.5, 0.6) is 0 Å². The van der Waals surface area contributed by atoms with Gasteiger partial charge in [0.25, 0.3) is 0 Å². The monoisotopic (exact) mass is 509 g/mol. The summed E-state index contributed by atoms with van der Waals surface area (Å²) >= 11 is 1.61. The maximum absolute atomic E-state index is 16.0. The number of hydrogen-bond donors (Lipinski definition) is 3. The molecule has 1 aliphatic carbocycles. The molecular weight excluding hydrogens is 489 g/mol. The van der Waals surface area contributed by atoms with E-state index >= 15 is 4.39 Å². The molecule has 5 heterocycles. The first-order valence-electron chi connectivity index (χ1n) is 12.0. The second kappa shape index (κ2) is 8.59. The zero-order chi connectivity index (χ0) is 24.9. The summed E-state index contributed by atoms with van der Waals surface area (Å²) in [6.07, 6.45) is 7.75. The van der Waals surface area contributed by atoms with Crippen molar-refractivity contribution in [3.8, 4) is 33.8 Å². The van der Waals surface area contributed by atoms with Crippen LogP contribution in [-0.4, -0.2) is 36.0 Å². The van der Waals surface area contributed by atoms with E-state index in [1.165, 1.54) is 0 Å². The molecule has 1 amide bonds. The Morgan fingerprint density at radius 3 is 2.84 bits per heavy atom. The van der Waals surface area contributed by atoms with Gasteiger partial charge in [-0.05, 0) is 59.5 Å². The number of halogens is 1. The lowest BCUT2D eigenvalue weighted by atomic mass is 9.85. The minimum absolute atomic E-state index is 0.0152. The highest BCUT2D eigenvalue weighted by Gasteiger charge is 2.25. The molecule has 1 aliphatic rings. The van der Waals surface area contributed by atoms with Gasteiger partial charge in [0, 0.05) is 35.0 Å². The smallest absolute Gasteiger partial charge is 0.227 e. The van der Waals surface area contributed by atoms with Gasteiger partial charge < -0.3 is 10.3 Å². The third kappa shape index (κ3) is 3.68. The van der Waals surface area contributed by atoms with Gasteiger partial charge in [-0.3, -0.25) is 14.9 Å². The molecule has 0 spiro atoms. The first-order chi connectivity index (χ1) is 18.2. The third-order valence-electron chi connectivity index (χ3n) is 6.91. The Bertz CT molecular complexity index is 1790. The normalized spacial score (nSPS) is 13.8. The number of nitrogens with zero attached hydrogens (tertiary/aromatic N) is 4. The fourth-order valence-electron chi connectivity index (χ4n) is 4.72. The Hall–Kier alpha value is -4.44. The lowest BCUT2D eigenvalue weighted by Gasteiger charge is -2.24. The Kier molecular flexibility index (Phi) is 5.07. The van der Waals surface area contributed by atoms with Gasteiger partial charge in [-0.15, -0.1) is 0 Å². The van der Waals surface area contributed by atoms with E-state index in [-0.39, 0.29) is 11.8 Å². The highest BCUT2D eigenvalue weighted by Crippen LogP contribution is 2.36. The highest BCUT2D eigenvalue weighted by molar-refractivity contribution is 7.08. The fraction of sp³-hybridized carbons (Fsp3) is 0.148. The molecule has 0 bridgehead atoms. The van der Waals surface area contributed by atoms with Crippen LogP contribution in [0.15, 0.2) is 59.7 Å². The van der Waals surface area contributed by atoms with E-state index in [0.29, 0.717) is 44.9 Å². The number of carbonyl (C=O) groups is 1. The molecule has 3 N–H and O–H groups in total. The van der Waals surface area contributed by atoms with E-state index in [4.69, 9.17) is 0 Å². The van der Waals surface area contributed by atoms with Crippen LogP contribution < -0.4 is 5.32 Å². The number of benzene rings is 1. The average Bonchev–Trinajstić information content (AvgIpc) is 3.62. The molecule has 37 heavy (non-hydrogen) atoms. The number of aromatic nitrogens is 6. The molecule has 8 nitrogen and oxygen atoms in total. The van der Waals surface area contributed by atoms with Gasteiger partial charge in [0.1, 0.15) is 11.5 Å². The summed E-state index contributed by atoms with van der Waals surface area (Å²) in [5.41, 5.74) is 5.71. The second-order valence-corrected chi connectivity index (χ2v) is 9.94. The molecular formula is C27H20FN7OS. The van der Waals surface area contributed by atoms with Crippen molar-refractivity contribution in [3.63, 3.8) is 0 Å². The fourth-order valence-corrected chi connectivity index (χ4v) is 5.37. The standard InChI is InChI=1S/C27H20FN7OS/c28-22-18(16-10-17(12-29-11-16)31-27(36)14-2-1-3-14)4-5-20-21(22)24(35-34-20)26-32-23-19(15-7-9-37-13-15)6-8-30-25(23)33-26/h4-14H,1-3H2,(H,31,36)(H,34,35)(H,30,32,33). The van der Waals surface area contributed by atoms with Crippen LogP contribution in [0.1, 0.15) is 19.3 Å². The van der Waals surface area contributed by atoms with E-state index in [9.17, 15) is 4.79 Å². The number of hydrogen-bond acceptors (Lipinski definition) is 6. The highest BCUT2D eigenvalue weighted by atomic mass is 32.1. The largest absolute Gasteiger partial charge is 0.335 e. The van der Waals surface area contributed by atoms with Crippen molar-refractivity contribution in [2.45, 2.75) is 19.3 Å². The van der Waals surface area contributed by atoms with Gasteiger partial charge in [0.2, 0.25) is 5.91 Å². The van der Waals surface area contributed by atoms with Crippen LogP contribution in [0, 0.1) is 11.7 Å².